The summed E-state index contributed by atoms with van der Waals surface area (Å²) in [7, 11) is 0. The number of anilines is 4. The molecule has 0 atom stereocenters. The Labute approximate surface area is 168 Å². The Morgan fingerprint density at radius 1 is 1.04 bits per heavy atom. The molecule has 3 aromatic rings. The van der Waals surface area contributed by atoms with Crippen LogP contribution in [0.15, 0.2) is 48.5 Å². The zero-order valence-corrected chi connectivity index (χ0v) is 16.7. The Morgan fingerprint density at radius 3 is 2.57 bits per heavy atom. The molecule has 0 saturated heterocycles. The smallest absolute Gasteiger partial charge is 0.340 e. The van der Waals surface area contributed by atoms with Crippen molar-refractivity contribution in [2.24, 2.45) is 0 Å². The Morgan fingerprint density at radius 2 is 1.82 bits per heavy atom. The Hall–Kier alpha value is -3.12. The van der Waals surface area contributed by atoms with E-state index in [9.17, 15) is 4.79 Å². The van der Waals surface area contributed by atoms with Crippen molar-refractivity contribution >= 4 is 40.7 Å². The maximum atomic E-state index is 12.2. The van der Waals surface area contributed by atoms with Crippen molar-refractivity contribution in [3.63, 3.8) is 0 Å². The molecule has 3 rings (SSSR count). The fourth-order valence-electron chi connectivity index (χ4n) is 2.69. The number of hydrogen-bond acceptors (Lipinski definition) is 6. The van der Waals surface area contributed by atoms with Gasteiger partial charge in [0, 0.05) is 22.5 Å². The number of benzene rings is 2. The Balaban J connectivity index is 1.87. The number of para-hydroxylation sites is 1. The molecule has 1 heterocycles. The van der Waals surface area contributed by atoms with Crippen LogP contribution in [0.4, 0.5) is 23.1 Å². The van der Waals surface area contributed by atoms with Crippen LogP contribution in [0.3, 0.4) is 0 Å². The lowest BCUT2D eigenvalue weighted by molar-refractivity contribution is 0.0527. The minimum absolute atomic E-state index is 0.314. The van der Waals surface area contributed by atoms with E-state index in [0.717, 1.165) is 16.9 Å². The first-order valence-corrected chi connectivity index (χ1v) is 9.26. The number of aryl methyl sites for hydroxylation is 2. The predicted molar refractivity (Wildman–Crippen MR) is 112 cm³/mol. The van der Waals surface area contributed by atoms with Gasteiger partial charge in [-0.15, -0.1) is 0 Å². The highest BCUT2D eigenvalue weighted by atomic mass is 35.5. The van der Waals surface area contributed by atoms with Crippen LogP contribution in [0.25, 0.3) is 0 Å². The summed E-state index contributed by atoms with van der Waals surface area (Å²) in [6, 6.07) is 14.5. The van der Waals surface area contributed by atoms with E-state index in [1.165, 1.54) is 0 Å². The van der Waals surface area contributed by atoms with Crippen molar-refractivity contribution in [2.75, 3.05) is 17.2 Å². The molecule has 0 saturated carbocycles. The molecule has 2 aromatic carbocycles. The van der Waals surface area contributed by atoms with Crippen molar-refractivity contribution in [3.8, 4) is 0 Å². The first-order chi connectivity index (χ1) is 13.5. The molecule has 0 aliphatic carbocycles. The van der Waals surface area contributed by atoms with E-state index in [1.807, 2.05) is 38.1 Å². The van der Waals surface area contributed by atoms with Crippen LogP contribution >= 0.6 is 11.6 Å². The zero-order valence-electron chi connectivity index (χ0n) is 15.9. The minimum Gasteiger partial charge on any atom is -0.462 e. The lowest BCUT2D eigenvalue weighted by Crippen LogP contribution is -2.09. The average molecular weight is 397 g/mol. The summed E-state index contributed by atoms with van der Waals surface area (Å²) in [6.07, 6.45) is 0. The zero-order chi connectivity index (χ0) is 20.1. The van der Waals surface area contributed by atoms with Crippen molar-refractivity contribution < 1.29 is 9.53 Å². The number of nitrogens with zero attached hydrogens (tertiary/aromatic N) is 2. The summed E-state index contributed by atoms with van der Waals surface area (Å²) in [5, 5.41) is 7.07. The van der Waals surface area contributed by atoms with Crippen LogP contribution in [-0.4, -0.2) is 22.5 Å². The fourth-order valence-corrected chi connectivity index (χ4v) is 2.92. The van der Waals surface area contributed by atoms with Gasteiger partial charge in [-0.2, -0.15) is 4.98 Å². The number of halogens is 1. The standard InChI is InChI=1S/C21H21ClN4O2/c1-4-28-20(27)16-7-5-6-8-18(16)24-19-12-14(3)23-21(26-19)25-17-10-9-15(22)11-13(17)2/h5-12H,4H2,1-3H3,(H2,23,24,25,26). The number of carbonyl (C=O) groups excluding carboxylic acids is 1. The van der Waals surface area contributed by atoms with Gasteiger partial charge in [0.25, 0.3) is 0 Å². The average Bonchev–Trinajstić information content (AvgIpc) is 2.64. The molecule has 0 aliphatic rings. The van der Waals surface area contributed by atoms with Gasteiger partial charge in [-0.25, -0.2) is 9.78 Å². The molecule has 0 unspecified atom stereocenters. The van der Waals surface area contributed by atoms with E-state index in [0.29, 0.717) is 34.6 Å². The number of carbonyl (C=O) groups is 1. The normalized spacial score (nSPS) is 10.4. The topological polar surface area (TPSA) is 76.1 Å². The van der Waals surface area contributed by atoms with Crippen LogP contribution in [0.5, 0.6) is 0 Å². The molecule has 1 aromatic heterocycles. The number of esters is 1. The quantitative estimate of drug-likeness (QED) is 0.542. The fraction of sp³-hybridized carbons (Fsp3) is 0.190. The lowest BCUT2D eigenvalue weighted by atomic mass is 10.2. The van der Waals surface area contributed by atoms with Crippen LogP contribution in [0.1, 0.15) is 28.5 Å². The molecule has 0 bridgehead atoms. The van der Waals surface area contributed by atoms with E-state index in [2.05, 4.69) is 20.6 Å². The third kappa shape index (κ3) is 4.78. The summed E-state index contributed by atoms with van der Waals surface area (Å²) in [5.41, 5.74) is 3.70. The molecule has 2 N–H and O–H groups in total. The number of aromatic nitrogens is 2. The minimum atomic E-state index is -0.383. The third-order valence-corrected chi connectivity index (χ3v) is 4.21. The maximum absolute atomic E-state index is 12.2. The van der Waals surface area contributed by atoms with Gasteiger partial charge in [-0.1, -0.05) is 23.7 Å². The highest BCUT2D eigenvalue weighted by Gasteiger charge is 2.13. The number of hydrogen-bond donors (Lipinski definition) is 2. The molecule has 144 valence electrons. The first kappa shape index (κ1) is 19.6. The molecule has 28 heavy (non-hydrogen) atoms. The van der Waals surface area contributed by atoms with E-state index < -0.39 is 0 Å². The van der Waals surface area contributed by atoms with E-state index in [1.54, 1.807) is 31.2 Å². The highest BCUT2D eigenvalue weighted by Crippen LogP contribution is 2.25. The molecule has 7 heteroatoms. The number of rotatable bonds is 6. The monoisotopic (exact) mass is 396 g/mol. The van der Waals surface area contributed by atoms with Crippen molar-refractivity contribution in [2.45, 2.75) is 20.8 Å². The van der Waals surface area contributed by atoms with Crippen molar-refractivity contribution in [1.29, 1.82) is 0 Å². The second kappa shape index (κ2) is 8.71. The number of ether oxygens (including phenoxy) is 1. The van der Waals surface area contributed by atoms with Crippen LogP contribution in [-0.2, 0) is 4.74 Å². The molecule has 0 spiro atoms. The molecule has 0 aliphatic heterocycles. The molecular weight excluding hydrogens is 376 g/mol. The van der Waals surface area contributed by atoms with Gasteiger partial charge in [0.1, 0.15) is 5.82 Å². The van der Waals surface area contributed by atoms with E-state index in [-0.39, 0.29) is 5.97 Å². The van der Waals surface area contributed by atoms with E-state index in [4.69, 9.17) is 16.3 Å². The highest BCUT2D eigenvalue weighted by molar-refractivity contribution is 6.30. The molecule has 0 radical (unpaired) electrons. The van der Waals surface area contributed by atoms with Gasteiger partial charge in [-0.3, -0.25) is 0 Å². The molecular formula is C21H21ClN4O2. The first-order valence-electron chi connectivity index (χ1n) is 8.88. The summed E-state index contributed by atoms with van der Waals surface area (Å²) < 4.78 is 5.12. The lowest BCUT2D eigenvalue weighted by Gasteiger charge is -2.13. The summed E-state index contributed by atoms with van der Waals surface area (Å²) in [4.78, 5) is 21.1. The second-order valence-electron chi connectivity index (χ2n) is 6.19. The van der Waals surface area contributed by atoms with Gasteiger partial charge >= 0.3 is 5.97 Å². The summed E-state index contributed by atoms with van der Waals surface area (Å²) in [5.74, 6) is 0.631. The Kier molecular flexibility index (Phi) is 6.11. The van der Waals surface area contributed by atoms with Crippen molar-refractivity contribution in [3.05, 3.63) is 70.4 Å². The van der Waals surface area contributed by atoms with Gasteiger partial charge in [0.2, 0.25) is 5.95 Å². The van der Waals surface area contributed by atoms with Gasteiger partial charge in [-0.05, 0) is 56.7 Å². The van der Waals surface area contributed by atoms with Gasteiger partial charge in [0.05, 0.1) is 17.9 Å². The summed E-state index contributed by atoms with van der Waals surface area (Å²) in [6.45, 7) is 5.93. The Bertz CT molecular complexity index is 1010. The molecule has 0 fully saturated rings. The van der Waals surface area contributed by atoms with Crippen molar-refractivity contribution in [1.82, 2.24) is 9.97 Å². The largest absolute Gasteiger partial charge is 0.462 e. The van der Waals surface area contributed by atoms with Crippen LogP contribution < -0.4 is 10.6 Å². The SMILES string of the molecule is CCOC(=O)c1ccccc1Nc1cc(C)nc(Nc2ccc(Cl)cc2C)n1. The van der Waals surface area contributed by atoms with Gasteiger partial charge < -0.3 is 15.4 Å². The summed E-state index contributed by atoms with van der Waals surface area (Å²) >= 11 is 6.02. The van der Waals surface area contributed by atoms with E-state index >= 15 is 0 Å². The predicted octanol–water partition coefficient (Wildman–Crippen LogP) is 5.41. The molecule has 0 amide bonds. The molecule has 6 nitrogen and oxygen atoms in total. The second-order valence-corrected chi connectivity index (χ2v) is 6.63. The van der Waals surface area contributed by atoms with Crippen LogP contribution in [0, 0.1) is 13.8 Å². The number of nitrogens with one attached hydrogen (secondary N) is 2. The van der Waals surface area contributed by atoms with Gasteiger partial charge in [0.15, 0.2) is 0 Å². The third-order valence-electron chi connectivity index (χ3n) is 3.97. The van der Waals surface area contributed by atoms with Crippen LogP contribution in [0.2, 0.25) is 5.02 Å². The maximum Gasteiger partial charge on any atom is 0.340 e.